The van der Waals surface area contributed by atoms with Gasteiger partial charge in [0.25, 0.3) is 5.91 Å². The molecule has 34 heavy (non-hydrogen) atoms. The highest BCUT2D eigenvalue weighted by atomic mass is 32.2. The van der Waals surface area contributed by atoms with Gasteiger partial charge in [-0.1, -0.05) is 17.3 Å². The lowest BCUT2D eigenvalue weighted by Crippen LogP contribution is -2.12. The zero-order valence-electron chi connectivity index (χ0n) is 19.3. The number of carbonyl (C=O) groups is 1. The van der Waals surface area contributed by atoms with E-state index in [9.17, 15) is 4.79 Å². The number of thioether (sulfide) groups is 1. The second-order valence-electron chi connectivity index (χ2n) is 8.18. The molecule has 8 nitrogen and oxygen atoms in total. The normalized spacial score (nSPS) is 15.3. The molecular weight excluding hydrogens is 448 g/mol. The van der Waals surface area contributed by atoms with Gasteiger partial charge in [0.05, 0.1) is 16.6 Å². The van der Waals surface area contributed by atoms with Gasteiger partial charge in [0, 0.05) is 42.2 Å². The van der Waals surface area contributed by atoms with Gasteiger partial charge >= 0.3 is 0 Å². The van der Waals surface area contributed by atoms with Crippen LogP contribution in [0.2, 0.25) is 0 Å². The molecule has 0 radical (unpaired) electrons. The van der Waals surface area contributed by atoms with Gasteiger partial charge < -0.3 is 9.84 Å². The quantitative estimate of drug-likeness (QED) is 0.417. The van der Waals surface area contributed by atoms with Crippen LogP contribution in [0.1, 0.15) is 44.9 Å². The zero-order chi connectivity index (χ0) is 23.7. The number of nitrogens with zero attached hydrogens (tertiary/aromatic N) is 4. The number of hydrogen-bond donors (Lipinski definition) is 2. The Morgan fingerprint density at radius 1 is 1.26 bits per heavy atom. The highest BCUT2D eigenvalue weighted by Gasteiger charge is 2.31. The lowest BCUT2D eigenvalue weighted by molar-refractivity contribution is 0.102. The Kier molecular flexibility index (Phi) is 6.10. The summed E-state index contributed by atoms with van der Waals surface area (Å²) >= 11 is 1.88. The Morgan fingerprint density at radius 3 is 2.85 bits per heavy atom. The minimum atomic E-state index is -0.227. The Bertz CT molecular complexity index is 1330. The third kappa shape index (κ3) is 4.19. The summed E-state index contributed by atoms with van der Waals surface area (Å²) in [6, 6.07) is 13.4. The Balaban J connectivity index is 1.53. The molecule has 3 aromatic heterocycles. The van der Waals surface area contributed by atoms with E-state index in [1.54, 1.807) is 12.3 Å². The lowest BCUT2D eigenvalue weighted by atomic mass is 9.96. The van der Waals surface area contributed by atoms with Gasteiger partial charge in [0.2, 0.25) is 5.88 Å². The van der Waals surface area contributed by atoms with Crippen molar-refractivity contribution in [2.75, 3.05) is 22.9 Å². The van der Waals surface area contributed by atoms with Crippen molar-refractivity contribution in [1.82, 2.24) is 19.9 Å². The largest absolute Gasteiger partial charge is 0.369 e. The van der Waals surface area contributed by atoms with Crippen LogP contribution < -0.4 is 10.6 Å². The minimum absolute atomic E-state index is 0.0661. The molecule has 0 spiro atoms. The monoisotopic (exact) mass is 474 g/mol. The third-order valence-electron chi connectivity index (χ3n) is 5.82. The highest BCUT2D eigenvalue weighted by molar-refractivity contribution is 7.99. The van der Waals surface area contributed by atoms with E-state index < -0.39 is 0 Å². The van der Waals surface area contributed by atoms with Crippen molar-refractivity contribution in [3.8, 4) is 11.4 Å². The number of fused-ring (bicyclic) bond motifs is 1. The first-order valence-corrected chi connectivity index (χ1v) is 12.3. The maximum atomic E-state index is 12.8. The fraction of sp³-hybridized carbons (Fsp3) is 0.280. The molecule has 1 aliphatic rings. The smallest absolute Gasteiger partial charge is 0.258 e. The van der Waals surface area contributed by atoms with Crippen molar-refractivity contribution in [1.29, 1.82) is 0 Å². The van der Waals surface area contributed by atoms with Gasteiger partial charge in [-0.25, -0.2) is 4.68 Å². The number of aromatic nitrogens is 4. The number of anilines is 2. The first-order chi connectivity index (χ1) is 16.5. The number of hydrogen-bond acceptors (Lipinski definition) is 7. The number of carbonyl (C=O) groups excluding carboxylic acids is 1. The molecule has 4 aromatic rings. The number of amides is 1. The number of aryl methyl sites for hydroxylation is 3. The van der Waals surface area contributed by atoms with Crippen LogP contribution in [0.15, 0.2) is 53.2 Å². The van der Waals surface area contributed by atoms with Crippen LogP contribution in [-0.4, -0.2) is 38.1 Å². The van der Waals surface area contributed by atoms with Gasteiger partial charge in [-0.15, -0.1) is 11.8 Å². The average molecular weight is 475 g/mol. The topological polar surface area (TPSA) is 97.9 Å². The molecule has 0 aliphatic carbocycles. The summed E-state index contributed by atoms with van der Waals surface area (Å²) in [6.45, 7) is 7.58. The van der Waals surface area contributed by atoms with Crippen molar-refractivity contribution in [3.63, 3.8) is 0 Å². The summed E-state index contributed by atoms with van der Waals surface area (Å²) in [7, 11) is 0. The second-order valence-corrected chi connectivity index (χ2v) is 9.39. The fourth-order valence-electron chi connectivity index (χ4n) is 4.22. The molecule has 4 heterocycles. The Hall–Kier alpha value is -3.59. The summed E-state index contributed by atoms with van der Waals surface area (Å²) in [5.74, 6) is 2.11. The number of nitrogens with one attached hydrogen (secondary N) is 2. The second kappa shape index (κ2) is 9.34. The molecule has 1 aliphatic heterocycles. The summed E-state index contributed by atoms with van der Waals surface area (Å²) in [6.07, 6.45) is 1.80. The summed E-state index contributed by atoms with van der Waals surface area (Å²) in [4.78, 5) is 17.3. The van der Waals surface area contributed by atoms with E-state index in [-0.39, 0.29) is 11.2 Å². The maximum absolute atomic E-state index is 12.8. The molecule has 2 N–H and O–H groups in total. The number of pyridine rings is 1. The van der Waals surface area contributed by atoms with Crippen LogP contribution in [0.5, 0.6) is 0 Å². The first-order valence-electron chi connectivity index (χ1n) is 11.3. The van der Waals surface area contributed by atoms with E-state index in [4.69, 9.17) is 9.62 Å². The number of rotatable bonds is 5. The van der Waals surface area contributed by atoms with Crippen LogP contribution in [0.25, 0.3) is 11.4 Å². The molecule has 1 atom stereocenters. The highest BCUT2D eigenvalue weighted by Crippen LogP contribution is 2.46. The van der Waals surface area contributed by atoms with E-state index in [1.165, 1.54) is 0 Å². The van der Waals surface area contributed by atoms with Crippen LogP contribution in [0.4, 0.5) is 11.7 Å². The first kappa shape index (κ1) is 22.2. The van der Waals surface area contributed by atoms with Crippen LogP contribution in [0.3, 0.4) is 0 Å². The van der Waals surface area contributed by atoms with Gasteiger partial charge in [-0.05, 0) is 56.2 Å². The van der Waals surface area contributed by atoms with Crippen molar-refractivity contribution in [2.24, 2.45) is 0 Å². The molecule has 0 bridgehead atoms. The average Bonchev–Trinajstić information content (AvgIpc) is 3.35. The van der Waals surface area contributed by atoms with Gasteiger partial charge in [0.15, 0.2) is 0 Å². The van der Waals surface area contributed by atoms with Crippen molar-refractivity contribution >= 4 is 29.4 Å². The van der Waals surface area contributed by atoms with E-state index in [1.807, 2.05) is 66.7 Å². The SMILES string of the molecule is CCn1nc(-c2ccccn2)c2c1NCCSC2c1ccc(C(=O)Nc2cc(C)no2)cc1C. The molecule has 0 saturated carbocycles. The molecule has 0 saturated heterocycles. The maximum Gasteiger partial charge on any atom is 0.258 e. The zero-order valence-corrected chi connectivity index (χ0v) is 20.1. The molecule has 0 fully saturated rings. The van der Waals surface area contributed by atoms with Crippen molar-refractivity contribution in [3.05, 3.63) is 76.6 Å². The molecule has 1 unspecified atom stereocenters. The van der Waals surface area contributed by atoms with Crippen molar-refractivity contribution < 1.29 is 9.32 Å². The fourth-order valence-corrected chi connectivity index (χ4v) is 5.51. The minimum Gasteiger partial charge on any atom is -0.369 e. The molecule has 174 valence electrons. The van der Waals surface area contributed by atoms with Crippen LogP contribution >= 0.6 is 11.8 Å². The van der Waals surface area contributed by atoms with E-state index in [2.05, 4.69) is 27.7 Å². The van der Waals surface area contributed by atoms with Crippen LogP contribution in [-0.2, 0) is 6.54 Å². The predicted molar refractivity (Wildman–Crippen MR) is 134 cm³/mol. The molecule has 9 heteroatoms. The van der Waals surface area contributed by atoms with Gasteiger partial charge in [0.1, 0.15) is 11.5 Å². The predicted octanol–water partition coefficient (Wildman–Crippen LogP) is 5.07. The van der Waals surface area contributed by atoms with Gasteiger partial charge in [-0.2, -0.15) is 5.10 Å². The Morgan fingerprint density at radius 2 is 2.15 bits per heavy atom. The molecular formula is C25H26N6O2S. The van der Waals surface area contributed by atoms with Crippen LogP contribution in [0, 0.1) is 13.8 Å². The molecule has 1 amide bonds. The summed E-state index contributed by atoms with van der Waals surface area (Å²) < 4.78 is 7.14. The third-order valence-corrected chi connectivity index (χ3v) is 7.08. The van der Waals surface area contributed by atoms with E-state index >= 15 is 0 Å². The summed E-state index contributed by atoms with van der Waals surface area (Å²) in [5, 5.41) is 15.2. The van der Waals surface area contributed by atoms with Gasteiger partial charge in [-0.3, -0.25) is 15.1 Å². The lowest BCUT2D eigenvalue weighted by Gasteiger charge is -2.19. The molecule has 1 aromatic carbocycles. The number of benzene rings is 1. The van der Waals surface area contributed by atoms with E-state index in [0.717, 1.165) is 52.7 Å². The standard InChI is InChI=1S/C25H26N6O2S/c1-4-31-24-21(22(29-31)19-7-5-6-10-26-19)23(34-12-11-27-24)18-9-8-17(13-15(18)2)25(32)28-20-14-16(3)30-33-20/h5-10,13-14,23,27H,4,11-12H2,1-3H3,(H,28,32). The summed E-state index contributed by atoms with van der Waals surface area (Å²) in [5.41, 5.74) is 6.38. The van der Waals surface area contributed by atoms with E-state index in [0.29, 0.717) is 17.1 Å². The Labute approximate surface area is 202 Å². The van der Waals surface area contributed by atoms with Crippen molar-refractivity contribution in [2.45, 2.75) is 32.6 Å². The molecule has 5 rings (SSSR count).